The predicted molar refractivity (Wildman–Crippen MR) is 71.6 cm³/mol. The molecule has 6 nitrogen and oxygen atoms in total. The summed E-state index contributed by atoms with van der Waals surface area (Å²) in [5.74, 6) is 1.54. The van der Waals surface area contributed by atoms with Crippen LogP contribution in [0.15, 0.2) is 6.33 Å². The summed E-state index contributed by atoms with van der Waals surface area (Å²) in [6.45, 7) is 9.71. The first-order chi connectivity index (χ1) is 9.08. The van der Waals surface area contributed by atoms with E-state index in [2.05, 4.69) is 28.8 Å². The molecule has 0 aromatic carbocycles. The van der Waals surface area contributed by atoms with Crippen molar-refractivity contribution in [1.82, 2.24) is 19.7 Å². The van der Waals surface area contributed by atoms with E-state index >= 15 is 0 Å². The smallest absolute Gasteiger partial charge is 0.141 e. The fourth-order valence-electron chi connectivity index (χ4n) is 2.48. The Hall–Kier alpha value is -0.980. The van der Waals surface area contributed by atoms with E-state index < -0.39 is 0 Å². The van der Waals surface area contributed by atoms with Gasteiger partial charge in [-0.05, 0) is 12.8 Å². The van der Waals surface area contributed by atoms with E-state index in [4.69, 9.17) is 4.74 Å². The lowest BCUT2D eigenvalue weighted by Gasteiger charge is -2.35. The summed E-state index contributed by atoms with van der Waals surface area (Å²) in [6.07, 6.45) is 1.67. The molecule has 0 radical (unpaired) electrons. The van der Waals surface area contributed by atoms with Gasteiger partial charge in [-0.25, -0.2) is 9.67 Å². The molecule has 0 amide bonds. The maximum Gasteiger partial charge on any atom is 0.141 e. The molecule has 2 unspecified atom stereocenters. The maximum absolute atomic E-state index is 9.24. The number of aromatic nitrogens is 3. The number of aliphatic hydroxyl groups is 1. The molecule has 1 aromatic rings. The Bertz CT molecular complexity index is 394. The van der Waals surface area contributed by atoms with Crippen LogP contribution in [0.3, 0.4) is 0 Å². The van der Waals surface area contributed by atoms with E-state index in [0.717, 1.165) is 32.0 Å². The van der Waals surface area contributed by atoms with Crippen LogP contribution >= 0.6 is 0 Å². The predicted octanol–water partition coefficient (Wildman–Crippen LogP) is 0.516. The van der Waals surface area contributed by atoms with Gasteiger partial charge in [-0.2, -0.15) is 5.10 Å². The number of ether oxygens (including phenoxy) is 1. The van der Waals surface area contributed by atoms with Crippen LogP contribution in [0.25, 0.3) is 0 Å². The Morgan fingerprint density at radius 3 is 2.95 bits per heavy atom. The highest BCUT2D eigenvalue weighted by Gasteiger charge is 2.25. The second-order valence-corrected chi connectivity index (χ2v) is 5.70. The Morgan fingerprint density at radius 2 is 2.26 bits per heavy atom. The quantitative estimate of drug-likeness (QED) is 0.843. The zero-order valence-corrected chi connectivity index (χ0v) is 12.0. The molecule has 1 aromatic heterocycles. The SMILES string of the molecule is CC(C)Cn1ncnc1CN1CC(C)OC(CO)C1. The topological polar surface area (TPSA) is 63.4 Å². The molecule has 1 saturated heterocycles. The fourth-order valence-corrected chi connectivity index (χ4v) is 2.48. The summed E-state index contributed by atoms with van der Waals surface area (Å²) in [6, 6.07) is 0. The molecule has 19 heavy (non-hydrogen) atoms. The van der Waals surface area contributed by atoms with Gasteiger partial charge >= 0.3 is 0 Å². The molecule has 0 spiro atoms. The lowest BCUT2D eigenvalue weighted by atomic mass is 10.2. The normalized spacial score (nSPS) is 25.1. The molecule has 2 atom stereocenters. The average molecular weight is 268 g/mol. The molecule has 0 saturated carbocycles. The van der Waals surface area contributed by atoms with Crippen LogP contribution < -0.4 is 0 Å². The Kier molecular flexibility index (Phi) is 4.90. The van der Waals surface area contributed by atoms with E-state index in [0.29, 0.717) is 5.92 Å². The summed E-state index contributed by atoms with van der Waals surface area (Å²) in [4.78, 5) is 6.62. The van der Waals surface area contributed by atoms with Crippen molar-refractivity contribution in [1.29, 1.82) is 0 Å². The number of nitrogens with zero attached hydrogens (tertiary/aromatic N) is 4. The number of hydrogen-bond donors (Lipinski definition) is 1. The van der Waals surface area contributed by atoms with E-state index in [1.807, 2.05) is 11.6 Å². The third-order valence-corrected chi connectivity index (χ3v) is 3.20. The van der Waals surface area contributed by atoms with Crippen LogP contribution in [-0.4, -0.2) is 56.7 Å². The van der Waals surface area contributed by atoms with Crippen molar-refractivity contribution in [3.63, 3.8) is 0 Å². The number of rotatable bonds is 5. The van der Waals surface area contributed by atoms with E-state index in [1.165, 1.54) is 0 Å². The van der Waals surface area contributed by atoms with Gasteiger partial charge in [0.05, 0.1) is 25.4 Å². The Balaban J connectivity index is 1.98. The minimum atomic E-state index is -0.0924. The third kappa shape index (κ3) is 3.99. The first kappa shape index (κ1) is 14.4. The van der Waals surface area contributed by atoms with Crippen molar-refractivity contribution in [3.8, 4) is 0 Å². The molecule has 6 heteroatoms. The third-order valence-electron chi connectivity index (χ3n) is 3.20. The lowest BCUT2D eigenvalue weighted by Crippen LogP contribution is -2.47. The van der Waals surface area contributed by atoms with Crippen LogP contribution in [-0.2, 0) is 17.8 Å². The van der Waals surface area contributed by atoms with Crippen molar-refractivity contribution in [2.24, 2.45) is 5.92 Å². The van der Waals surface area contributed by atoms with Gasteiger partial charge in [0.15, 0.2) is 0 Å². The molecular formula is C13H24N4O2. The standard InChI is InChI=1S/C13H24N4O2/c1-10(2)4-17-13(14-9-15-17)7-16-5-11(3)19-12(6-16)8-18/h9-12,18H,4-8H2,1-3H3. The minimum absolute atomic E-state index is 0.0690. The molecular weight excluding hydrogens is 244 g/mol. The molecule has 1 fully saturated rings. The highest BCUT2D eigenvalue weighted by molar-refractivity contribution is 4.87. The lowest BCUT2D eigenvalue weighted by molar-refractivity contribution is -0.0979. The average Bonchev–Trinajstić information content (AvgIpc) is 2.75. The molecule has 0 bridgehead atoms. The second kappa shape index (κ2) is 6.45. The minimum Gasteiger partial charge on any atom is -0.394 e. The fraction of sp³-hybridized carbons (Fsp3) is 0.846. The number of morpholine rings is 1. The van der Waals surface area contributed by atoms with E-state index in [1.54, 1.807) is 6.33 Å². The zero-order chi connectivity index (χ0) is 13.8. The van der Waals surface area contributed by atoms with Crippen molar-refractivity contribution in [2.45, 2.75) is 46.1 Å². The molecule has 0 aliphatic carbocycles. The molecule has 2 heterocycles. The van der Waals surface area contributed by atoms with Gasteiger partial charge in [-0.3, -0.25) is 4.90 Å². The van der Waals surface area contributed by atoms with E-state index in [-0.39, 0.29) is 18.8 Å². The summed E-state index contributed by atoms with van der Waals surface area (Å²) in [5.41, 5.74) is 0. The monoisotopic (exact) mass is 268 g/mol. The van der Waals surface area contributed by atoms with Gasteiger partial charge in [0.1, 0.15) is 12.2 Å². The zero-order valence-electron chi connectivity index (χ0n) is 12.0. The van der Waals surface area contributed by atoms with Crippen LogP contribution in [0.1, 0.15) is 26.6 Å². The van der Waals surface area contributed by atoms with Crippen LogP contribution in [0.5, 0.6) is 0 Å². The maximum atomic E-state index is 9.24. The highest BCUT2D eigenvalue weighted by atomic mass is 16.5. The molecule has 1 aliphatic rings. The number of hydrogen-bond acceptors (Lipinski definition) is 5. The number of aliphatic hydroxyl groups excluding tert-OH is 1. The molecule has 1 N–H and O–H groups in total. The van der Waals surface area contributed by atoms with Crippen molar-refractivity contribution < 1.29 is 9.84 Å². The van der Waals surface area contributed by atoms with Crippen molar-refractivity contribution in [2.75, 3.05) is 19.7 Å². The van der Waals surface area contributed by atoms with Gasteiger partial charge in [0.2, 0.25) is 0 Å². The first-order valence-electron chi connectivity index (χ1n) is 6.93. The van der Waals surface area contributed by atoms with Gasteiger partial charge in [-0.1, -0.05) is 13.8 Å². The Morgan fingerprint density at radius 1 is 1.47 bits per heavy atom. The second-order valence-electron chi connectivity index (χ2n) is 5.70. The van der Waals surface area contributed by atoms with Crippen LogP contribution in [0, 0.1) is 5.92 Å². The van der Waals surface area contributed by atoms with Gasteiger partial charge in [0, 0.05) is 19.6 Å². The summed E-state index contributed by atoms with van der Waals surface area (Å²) in [7, 11) is 0. The largest absolute Gasteiger partial charge is 0.394 e. The summed E-state index contributed by atoms with van der Waals surface area (Å²) < 4.78 is 7.62. The van der Waals surface area contributed by atoms with Crippen LogP contribution in [0.2, 0.25) is 0 Å². The van der Waals surface area contributed by atoms with Crippen molar-refractivity contribution in [3.05, 3.63) is 12.2 Å². The van der Waals surface area contributed by atoms with Gasteiger partial charge < -0.3 is 9.84 Å². The molecule has 108 valence electrons. The molecule has 1 aliphatic heterocycles. The highest BCUT2D eigenvalue weighted by Crippen LogP contribution is 2.13. The first-order valence-corrected chi connectivity index (χ1v) is 6.93. The molecule has 2 rings (SSSR count). The Labute approximate surface area is 114 Å². The van der Waals surface area contributed by atoms with Gasteiger partial charge in [0.25, 0.3) is 0 Å². The van der Waals surface area contributed by atoms with E-state index in [9.17, 15) is 5.11 Å². The van der Waals surface area contributed by atoms with Crippen LogP contribution in [0.4, 0.5) is 0 Å². The summed E-state index contributed by atoms with van der Waals surface area (Å²) in [5, 5.41) is 13.5. The summed E-state index contributed by atoms with van der Waals surface area (Å²) >= 11 is 0. The van der Waals surface area contributed by atoms with Crippen molar-refractivity contribution >= 4 is 0 Å². The van der Waals surface area contributed by atoms with Gasteiger partial charge in [-0.15, -0.1) is 0 Å².